The summed E-state index contributed by atoms with van der Waals surface area (Å²) in [5.74, 6) is -0.995. The van der Waals surface area contributed by atoms with E-state index in [4.69, 9.17) is 10.8 Å². The van der Waals surface area contributed by atoms with Crippen molar-refractivity contribution in [2.24, 2.45) is 10.7 Å². The van der Waals surface area contributed by atoms with Gasteiger partial charge in [0.25, 0.3) is 0 Å². The molecule has 0 spiro atoms. The van der Waals surface area contributed by atoms with Crippen molar-refractivity contribution in [1.82, 2.24) is 0 Å². The lowest BCUT2D eigenvalue weighted by Crippen LogP contribution is -2.32. The Morgan fingerprint density at radius 1 is 1.67 bits per heavy atom. The predicted molar refractivity (Wildman–Crippen MR) is 76.0 cm³/mol. The van der Waals surface area contributed by atoms with Crippen LogP contribution < -0.4 is 5.73 Å². The Morgan fingerprint density at radius 2 is 2.39 bits per heavy atom. The number of carboxylic acids is 1. The highest BCUT2D eigenvalue weighted by molar-refractivity contribution is 8.16. The largest absolute Gasteiger partial charge is 0.480 e. The average Bonchev–Trinajstić information content (AvgIpc) is 2.36. The predicted octanol–water partition coefficient (Wildman–Crippen LogP) is 1.89. The van der Waals surface area contributed by atoms with Gasteiger partial charge >= 0.3 is 5.97 Å². The highest BCUT2D eigenvalue weighted by Gasteiger charge is 2.12. The second-order valence-electron chi connectivity index (χ2n) is 3.66. The van der Waals surface area contributed by atoms with Crippen LogP contribution in [0, 0.1) is 0 Å². The van der Waals surface area contributed by atoms with Crippen molar-refractivity contribution in [3.8, 4) is 0 Å². The number of carboxylic acid groups (broad SMARTS) is 1. The fraction of sp³-hybridized carbons (Fsp3) is 0.231. The second-order valence-corrected chi connectivity index (χ2v) is 4.62. The molecule has 0 bridgehead atoms. The third-order valence-corrected chi connectivity index (χ3v) is 3.15. The highest BCUT2D eigenvalue weighted by atomic mass is 32.2. The number of hydrogen-bond acceptors (Lipinski definition) is 4. The van der Waals surface area contributed by atoms with Gasteiger partial charge in [-0.1, -0.05) is 36.5 Å². The summed E-state index contributed by atoms with van der Waals surface area (Å²) in [6, 6.07) is 6.68. The number of rotatable bonds is 5. The van der Waals surface area contributed by atoms with E-state index < -0.39 is 12.0 Å². The molecule has 1 rings (SSSR count). The molecular formula is C13H16N2O2S. The van der Waals surface area contributed by atoms with Crippen LogP contribution in [0.1, 0.15) is 11.1 Å². The Bertz CT molecular complexity index is 472. The summed E-state index contributed by atoms with van der Waals surface area (Å²) in [5, 5.41) is 11.3. The van der Waals surface area contributed by atoms with Crippen LogP contribution in [0.15, 0.2) is 41.2 Å². The van der Waals surface area contributed by atoms with Crippen molar-refractivity contribution in [3.63, 3.8) is 0 Å². The van der Waals surface area contributed by atoms with Crippen molar-refractivity contribution in [1.29, 1.82) is 0 Å². The van der Waals surface area contributed by atoms with Crippen molar-refractivity contribution in [2.75, 3.05) is 7.05 Å². The quantitative estimate of drug-likeness (QED) is 0.629. The van der Waals surface area contributed by atoms with Crippen LogP contribution in [0.5, 0.6) is 0 Å². The maximum absolute atomic E-state index is 10.7. The summed E-state index contributed by atoms with van der Waals surface area (Å²) >= 11 is 1.43. The molecule has 1 aromatic rings. The first kappa shape index (κ1) is 14.5. The summed E-state index contributed by atoms with van der Waals surface area (Å²) < 4.78 is 0. The first-order chi connectivity index (χ1) is 8.58. The van der Waals surface area contributed by atoms with E-state index in [1.165, 1.54) is 11.8 Å². The molecule has 4 nitrogen and oxygen atoms in total. The maximum Gasteiger partial charge on any atom is 0.320 e. The van der Waals surface area contributed by atoms with E-state index in [2.05, 4.69) is 11.6 Å². The normalized spacial score (nSPS) is 13.1. The smallest absolute Gasteiger partial charge is 0.320 e. The molecule has 0 aliphatic carbocycles. The topological polar surface area (TPSA) is 75.7 Å². The van der Waals surface area contributed by atoms with Crippen LogP contribution >= 0.6 is 11.8 Å². The van der Waals surface area contributed by atoms with Crippen LogP contribution in [-0.4, -0.2) is 29.2 Å². The minimum atomic E-state index is -0.995. The second kappa shape index (κ2) is 6.98. The van der Waals surface area contributed by atoms with E-state index >= 15 is 0 Å². The Hall–Kier alpha value is -1.59. The zero-order valence-electron chi connectivity index (χ0n) is 10.2. The summed E-state index contributed by atoms with van der Waals surface area (Å²) in [7, 11) is 1.71. The molecule has 0 heterocycles. The van der Waals surface area contributed by atoms with Gasteiger partial charge in [0.1, 0.15) is 11.1 Å². The van der Waals surface area contributed by atoms with Gasteiger partial charge < -0.3 is 10.8 Å². The molecule has 18 heavy (non-hydrogen) atoms. The van der Waals surface area contributed by atoms with Crippen LogP contribution in [0.2, 0.25) is 0 Å². The molecule has 0 saturated carbocycles. The van der Waals surface area contributed by atoms with E-state index in [9.17, 15) is 4.79 Å². The Balaban J connectivity index is 2.91. The number of thioether (sulfide) groups is 1. The van der Waals surface area contributed by atoms with Gasteiger partial charge in [0, 0.05) is 12.6 Å². The molecule has 96 valence electrons. The zero-order chi connectivity index (χ0) is 13.5. The molecule has 1 unspecified atom stereocenters. The molecule has 0 saturated heterocycles. The molecule has 5 heteroatoms. The van der Waals surface area contributed by atoms with E-state index in [0.29, 0.717) is 6.42 Å². The summed E-state index contributed by atoms with van der Waals surface area (Å²) in [6.45, 7) is 3.65. The van der Waals surface area contributed by atoms with Gasteiger partial charge in [-0.25, -0.2) is 0 Å². The molecule has 0 amide bonds. The Morgan fingerprint density at radius 3 is 2.94 bits per heavy atom. The van der Waals surface area contributed by atoms with Gasteiger partial charge in [0.15, 0.2) is 0 Å². The lowest BCUT2D eigenvalue weighted by molar-refractivity contribution is -0.138. The van der Waals surface area contributed by atoms with Gasteiger partial charge in [0.2, 0.25) is 0 Å². The minimum absolute atomic E-state index is 0.304. The SMILES string of the molecule is C=CSC(=NC)c1cccc(CC(N)C(=O)O)c1. The Labute approximate surface area is 111 Å². The van der Waals surface area contributed by atoms with Gasteiger partial charge in [0.05, 0.1) is 0 Å². The van der Waals surface area contributed by atoms with Crippen LogP contribution in [0.3, 0.4) is 0 Å². The molecule has 1 atom stereocenters. The molecule has 0 aliphatic heterocycles. The van der Waals surface area contributed by atoms with Crippen LogP contribution in [0.25, 0.3) is 0 Å². The number of benzene rings is 1. The lowest BCUT2D eigenvalue weighted by atomic mass is 10.0. The Kier molecular flexibility index (Phi) is 5.61. The van der Waals surface area contributed by atoms with E-state index in [0.717, 1.165) is 16.2 Å². The number of hydrogen-bond donors (Lipinski definition) is 2. The maximum atomic E-state index is 10.7. The third kappa shape index (κ3) is 4.01. The molecule has 0 radical (unpaired) electrons. The number of nitrogens with two attached hydrogens (primary N) is 1. The van der Waals surface area contributed by atoms with Crippen LogP contribution in [0.4, 0.5) is 0 Å². The molecular weight excluding hydrogens is 248 g/mol. The van der Waals surface area contributed by atoms with Gasteiger partial charge in [-0.15, -0.1) is 0 Å². The molecule has 3 N–H and O–H groups in total. The fourth-order valence-corrected chi connectivity index (χ4v) is 2.03. The summed E-state index contributed by atoms with van der Waals surface area (Å²) in [4.78, 5) is 14.9. The monoisotopic (exact) mass is 264 g/mol. The molecule has 0 aromatic heterocycles. The van der Waals surface area contributed by atoms with E-state index in [-0.39, 0.29) is 0 Å². The van der Waals surface area contributed by atoms with Gasteiger partial charge in [-0.05, 0) is 23.5 Å². The highest BCUT2D eigenvalue weighted by Crippen LogP contribution is 2.16. The van der Waals surface area contributed by atoms with Gasteiger partial charge in [-0.2, -0.15) is 0 Å². The fourth-order valence-electron chi connectivity index (χ4n) is 1.50. The van der Waals surface area contributed by atoms with Crippen molar-refractivity contribution >= 4 is 22.8 Å². The lowest BCUT2D eigenvalue weighted by Gasteiger charge is -2.08. The molecule has 0 aliphatic rings. The van der Waals surface area contributed by atoms with E-state index in [1.807, 2.05) is 24.3 Å². The number of aliphatic carboxylic acids is 1. The standard InChI is InChI=1S/C13H16N2O2S/c1-3-18-12(15-2)10-6-4-5-9(7-10)8-11(14)13(16)17/h3-7,11H,1,8,14H2,2H3,(H,16,17). The van der Waals surface area contributed by atoms with Crippen molar-refractivity contribution in [3.05, 3.63) is 47.4 Å². The third-order valence-electron chi connectivity index (χ3n) is 2.34. The average molecular weight is 264 g/mol. The molecule has 0 fully saturated rings. The summed E-state index contributed by atoms with van der Waals surface area (Å²) in [5.41, 5.74) is 7.34. The minimum Gasteiger partial charge on any atom is -0.480 e. The number of aliphatic imine (C=N–C) groups is 1. The first-order valence-electron chi connectivity index (χ1n) is 5.40. The first-order valence-corrected chi connectivity index (χ1v) is 6.28. The molecule has 1 aromatic carbocycles. The van der Waals surface area contributed by atoms with E-state index in [1.54, 1.807) is 12.5 Å². The van der Waals surface area contributed by atoms with Gasteiger partial charge in [-0.3, -0.25) is 9.79 Å². The van der Waals surface area contributed by atoms with Crippen LogP contribution in [-0.2, 0) is 11.2 Å². The van der Waals surface area contributed by atoms with Crippen molar-refractivity contribution < 1.29 is 9.90 Å². The van der Waals surface area contributed by atoms with Crippen molar-refractivity contribution in [2.45, 2.75) is 12.5 Å². The number of nitrogens with zero attached hydrogens (tertiary/aromatic N) is 1. The zero-order valence-corrected chi connectivity index (χ0v) is 11.0. The number of carbonyl (C=O) groups is 1. The summed E-state index contributed by atoms with van der Waals surface area (Å²) in [6.07, 6.45) is 0.304.